The van der Waals surface area contributed by atoms with E-state index < -0.39 is 19.7 Å². The summed E-state index contributed by atoms with van der Waals surface area (Å²) in [7, 11) is -3.65. The highest BCUT2D eigenvalue weighted by atomic mass is 31.2. The van der Waals surface area contributed by atoms with E-state index in [2.05, 4.69) is 0 Å². The lowest BCUT2D eigenvalue weighted by Gasteiger charge is -2.19. The number of carboxylic acids is 1. The van der Waals surface area contributed by atoms with Crippen LogP contribution in [0.1, 0.15) is 13.8 Å². The van der Waals surface area contributed by atoms with Crippen LogP contribution in [0.3, 0.4) is 0 Å². The zero-order chi connectivity index (χ0) is 12.9. The Bertz CT molecular complexity index is 415. The molecule has 0 saturated heterocycles. The molecule has 0 aliphatic heterocycles. The van der Waals surface area contributed by atoms with E-state index in [4.69, 9.17) is 14.2 Å². The summed E-state index contributed by atoms with van der Waals surface area (Å²) in [4.78, 5) is 10.7. The van der Waals surface area contributed by atoms with Crippen molar-refractivity contribution < 1.29 is 23.5 Å². The average molecular weight is 258 g/mol. The van der Waals surface area contributed by atoms with Crippen molar-refractivity contribution in [3.63, 3.8) is 0 Å². The van der Waals surface area contributed by atoms with Crippen molar-refractivity contribution in [2.24, 2.45) is 0 Å². The van der Waals surface area contributed by atoms with E-state index in [0.29, 0.717) is 5.75 Å². The fourth-order valence-electron chi connectivity index (χ4n) is 1.22. The summed E-state index contributed by atoms with van der Waals surface area (Å²) in [6.07, 6.45) is -1.02. The fraction of sp³-hybridized carbons (Fsp3) is 0.364. The number of carbonyl (C=O) groups is 1. The van der Waals surface area contributed by atoms with Crippen molar-refractivity contribution in [3.8, 4) is 5.75 Å². The normalized spacial score (nSPS) is 14.3. The maximum absolute atomic E-state index is 12.2. The van der Waals surface area contributed by atoms with Crippen LogP contribution in [-0.4, -0.2) is 23.3 Å². The van der Waals surface area contributed by atoms with Crippen molar-refractivity contribution in [1.82, 2.24) is 0 Å². The number of aliphatic carboxylic acids is 1. The molecule has 1 aromatic carbocycles. The molecule has 0 amide bonds. The van der Waals surface area contributed by atoms with Gasteiger partial charge in [-0.1, -0.05) is 18.2 Å². The Kier molecular flexibility index (Phi) is 4.73. The van der Waals surface area contributed by atoms with Crippen LogP contribution >= 0.6 is 7.60 Å². The number of para-hydroxylation sites is 1. The molecule has 1 N–H and O–H groups in total. The van der Waals surface area contributed by atoms with Crippen molar-refractivity contribution in [2.75, 3.05) is 6.16 Å². The molecule has 0 bridgehead atoms. The minimum Gasteiger partial charge on any atom is -0.481 e. The predicted octanol–water partition coefficient (Wildman–Crippen LogP) is 2.77. The molecule has 0 fully saturated rings. The molecule has 5 nitrogen and oxygen atoms in total. The second-order valence-electron chi connectivity index (χ2n) is 3.72. The maximum Gasteiger partial charge on any atom is 0.390 e. The van der Waals surface area contributed by atoms with Gasteiger partial charge in [0.15, 0.2) is 6.16 Å². The molecule has 0 aromatic heterocycles. The highest BCUT2D eigenvalue weighted by Gasteiger charge is 2.31. The van der Waals surface area contributed by atoms with Crippen molar-refractivity contribution in [1.29, 1.82) is 0 Å². The lowest BCUT2D eigenvalue weighted by atomic mass is 10.3. The van der Waals surface area contributed by atoms with Gasteiger partial charge in [-0.15, -0.1) is 0 Å². The first-order valence-corrected chi connectivity index (χ1v) is 6.88. The second kappa shape index (κ2) is 5.84. The minimum atomic E-state index is -3.65. The molecule has 0 heterocycles. The molecule has 1 aromatic rings. The van der Waals surface area contributed by atoms with Gasteiger partial charge in [0.2, 0.25) is 0 Å². The molecule has 0 saturated carbocycles. The summed E-state index contributed by atoms with van der Waals surface area (Å²) in [6.45, 7) is 3.34. The second-order valence-corrected chi connectivity index (χ2v) is 5.65. The van der Waals surface area contributed by atoms with Gasteiger partial charge < -0.3 is 9.63 Å². The number of benzene rings is 1. The third-order valence-corrected chi connectivity index (χ3v) is 3.58. The van der Waals surface area contributed by atoms with Gasteiger partial charge in [-0.25, -0.2) is 4.57 Å². The average Bonchev–Trinajstić information content (AvgIpc) is 2.15. The Balaban J connectivity index is 2.84. The van der Waals surface area contributed by atoms with Crippen LogP contribution in [0.5, 0.6) is 5.75 Å². The van der Waals surface area contributed by atoms with E-state index in [-0.39, 0.29) is 6.10 Å². The summed E-state index contributed by atoms with van der Waals surface area (Å²) in [5.41, 5.74) is 0. The molecule has 94 valence electrons. The fourth-order valence-corrected chi connectivity index (χ4v) is 2.82. The third kappa shape index (κ3) is 5.02. The van der Waals surface area contributed by atoms with Crippen LogP contribution in [-0.2, 0) is 13.9 Å². The van der Waals surface area contributed by atoms with Crippen LogP contribution in [0, 0.1) is 0 Å². The van der Waals surface area contributed by atoms with Crippen molar-refractivity contribution in [2.45, 2.75) is 20.0 Å². The van der Waals surface area contributed by atoms with E-state index in [1.165, 1.54) is 0 Å². The van der Waals surface area contributed by atoms with Gasteiger partial charge in [0, 0.05) is 0 Å². The third-order valence-electron chi connectivity index (χ3n) is 1.69. The van der Waals surface area contributed by atoms with Gasteiger partial charge in [0.05, 0.1) is 6.10 Å². The van der Waals surface area contributed by atoms with Crippen LogP contribution in [0.15, 0.2) is 30.3 Å². The van der Waals surface area contributed by atoms with Gasteiger partial charge in [-0.3, -0.25) is 9.32 Å². The Morgan fingerprint density at radius 1 is 1.35 bits per heavy atom. The summed E-state index contributed by atoms with van der Waals surface area (Å²) >= 11 is 0. The van der Waals surface area contributed by atoms with Crippen molar-refractivity contribution >= 4 is 13.6 Å². The highest BCUT2D eigenvalue weighted by Crippen LogP contribution is 2.49. The minimum absolute atomic E-state index is 0.331. The summed E-state index contributed by atoms with van der Waals surface area (Å²) in [5, 5.41) is 8.71. The van der Waals surface area contributed by atoms with Gasteiger partial charge in [0.25, 0.3) is 0 Å². The highest BCUT2D eigenvalue weighted by molar-refractivity contribution is 7.55. The maximum atomic E-state index is 12.2. The van der Waals surface area contributed by atoms with Gasteiger partial charge in [-0.2, -0.15) is 0 Å². The molecule has 0 aliphatic carbocycles. The number of carboxylic acid groups (broad SMARTS) is 1. The first kappa shape index (κ1) is 13.7. The Morgan fingerprint density at radius 2 is 1.94 bits per heavy atom. The quantitative estimate of drug-likeness (QED) is 0.794. The first-order valence-electron chi connectivity index (χ1n) is 5.15. The number of hydrogen-bond donors (Lipinski definition) is 1. The molecular formula is C11H15O5P. The Labute approximate surface area is 99.9 Å². The standard InChI is InChI=1S/C11H15O5P/c1-9(2)15-17(14,8-11(12)13)16-10-6-4-3-5-7-10/h3-7,9H,8H2,1-2H3,(H,12,13). The van der Waals surface area contributed by atoms with E-state index in [1.807, 2.05) is 0 Å². The Morgan fingerprint density at radius 3 is 2.41 bits per heavy atom. The van der Waals surface area contributed by atoms with Gasteiger partial charge in [0.1, 0.15) is 5.75 Å². The SMILES string of the molecule is CC(C)OP(=O)(CC(=O)O)Oc1ccccc1. The lowest BCUT2D eigenvalue weighted by Crippen LogP contribution is -2.13. The molecule has 6 heteroatoms. The molecule has 0 spiro atoms. The van der Waals surface area contributed by atoms with Gasteiger partial charge in [-0.05, 0) is 26.0 Å². The molecule has 0 radical (unpaired) electrons. The topological polar surface area (TPSA) is 72.8 Å². The monoisotopic (exact) mass is 258 g/mol. The predicted molar refractivity (Wildman–Crippen MR) is 63.4 cm³/mol. The lowest BCUT2D eigenvalue weighted by molar-refractivity contribution is -0.134. The summed E-state index contributed by atoms with van der Waals surface area (Å²) in [6, 6.07) is 8.38. The molecule has 17 heavy (non-hydrogen) atoms. The van der Waals surface area contributed by atoms with Gasteiger partial charge >= 0.3 is 13.6 Å². The number of hydrogen-bond acceptors (Lipinski definition) is 4. The molecule has 1 unspecified atom stereocenters. The summed E-state index contributed by atoms with van der Waals surface area (Å²) < 4.78 is 22.5. The van der Waals surface area contributed by atoms with E-state index in [9.17, 15) is 9.36 Å². The van der Waals surface area contributed by atoms with Crippen LogP contribution in [0.25, 0.3) is 0 Å². The Hall–Kier alpha value is -1.32. The number of rotatable bonds is 6. The summed E-state index contributed by atoms with van der Waals surface area (Å²) in [5.74, 6) is -0.886. The molecule has 1 atom stereocenters. The van der Waals surface area contributed by atoms with Crippen molar-refractivity contribution in [3.05, 3.63) is 30.3 Å². The molecule has 0 aliphatic rings. The molecule has 1 rings (SSSR count). The first-order chi connectivity index (χ1) is 7.91. The van der Waals surface area contributed by atoms with E-state index in [1.54, 1.807) is 44.2 Å². The van der Waals surface area contributed by atoms with E-state index >= 15 is 0 Å². The van der Waals surface area contributed by atoms with Crippen LogP contribution in [0.4, 0.5) is 0 Å². The van der Waals surface area contributed by atoms with E-state index in [0.717, 1.165) is 0 Å². The smallest absolute Gasteiger partial charge is 0.390 e. The van der Waals surface area contributed by atoms with Crippen LogP contribution in [0.2, 0.25) is 0 Å². The molecular weight excluding hydrogens is 243 g/mol. The van der Waals surface area contributed by atoms with Crippen LogP contribution < -0.4 is 4.52 Å². The zero-order valence-corrected chi connectivity index (χ0v) is 10.6. The largest absolute Gasteiger partial charge is 0.481 e. The zero-order valence-electron chi connectivity index (χ0n) is 9.70.